The van der Waals surface area contributed by atoms with Crippen LogP contribution in [0.15, 0.2) is 23.8 Å². The van der Waals surface area contributed by atoms with E-state index in [1.807, 2.05) is 20.8 Å². The van der Waals surface area contributed by atoms with Gasteiger partial charge in [-0.2, -0.15) is 0 Å². The Morgan fingerprint density at radius 3 is 2.57 bits per heavy atom. The Hall–Kier alpha value is -1.13. The molecular formula is C24H40O4. The average Bonchev–Trinajstić information content (AvgIpc) is 2.66. The van der Waals surface area contributed by atoms with E-state index in [2.05, 4.69) is 32.1 Å². The highest BCUT2D eigenvalue weighted by molar-refractivity contribution is 5.72. The van der Waals surface area contributed by atoms with E-state index >= 15 is 0 Å². The number of aliphatic hydroxyl groups excluding tert-OH is 2. The third-order valence-corrected chi connectivity index (χ3v) is 6.73. The van der Waals surface area contributed by atoms with E-state index in [-0.39, 0.29) is 23.9 Å². The second kappa shape index (κ2) is 10.6. The molecule has 0 aliphatic heterocycles. The van der Waals surface area contributed by atoms with Crippen molar-refractivity contribution < 1.29 is 19.7 Å². The molecule has 0 fully saturated rings. The first-order chi connectivity index (χ1) is 13.3. The Morgan fingerprint density at radius 2 is 1.93 bits per heavy atom. The lowest BCUT2D eigenvalue weighted by molar-refractivity contribution is -0.158. The molecule has 28 heavy (non-hydrogen) atoms. The van der Waals surface area contributed by atoms with Crippen LogP contribution in [0, 0.1) is 29.6 Å². The van der Waals surface area contributed by atoms with E-state index in [0.29, 0.717) is 37.0 Å². The summed E-state index contributed by atoms with van der Waals surface area (Å²) in [5.74, 6) is 1.15. The number of carbonyl (C=O) groups is 1. The van der Waals surface area contributed by atoms with E-state index < -0.39 is 12.2 Å². The SMILES string of the molecule is CC[C@H](O)CC(O)CC[C@@H]1C2C(=C[C@H](C)C[C@@H]2OC(=O)[C@@H](C)CC)C=C[C@@H]1C. The maximum atomic E-state index is 12.5. The van der Waals surface area contributed by atoms with Gasteiger partial charge >= 0.3 is 5.97 Å². The highest BCUT2D eigenvalue weighted by Gasteiger charge is 2.41. The zero-order valence-electron chi connectivity index (χ0n) is 18.3. The molecule has 0 saturated heterocycles. The van der Waals surface area contributed by atoms with Crippen molar-refractivity contribution >= 4 is 5.97 Å². The highest BCUT2D eigenvalue weighted by atomic mass is 16.5. The predicted octanol–water partition coefficient (Wildman–Crippen LogP) is 4.65. The fourth-order valence-corrected chi connectivity index (χ4v) is 4.64. The van der Waals surface area contributed by atoms with E-state index in [4.69, 9.17) is 4.74 Å². The smallest absolute Gasteiger partial charge is 0.308 e. The number of fused-ring (bicyclic) bond motifs is 1. The zero-order valence-corrected chi connectivity index (χ0v) is 18.3. The van der Waals surface area contributed by atoms with Crippen LogP contribution in [-0.4, -0.2) is 34.5 Å². The lowest BCUT2D eigenvalue weighted by Gasteiger charge is -2.43. The molecular weight excluding hydrogens is 352 g/mol. The van der Waals surface area contributed by atoms with Gasteiger partial charge in [0.2, 0.25) is 0 Å². The molecule has 2 N–H and O–H groups in total. The first-order valence-corrected chi connectivity index (χ1v) is 11.2. The zero-order chi connectivity index (χ0) is 20.8. The second-order valence-corrected chi connectivity index (χ2v) is 9.10. The number of ether oxygens (including phenoxy) is 1. The van der Waals surface area contributed by atoms with Gasteiger partial charge < -0.3 is 14.9 Å². The maximum absolute atomic E-state index is 12.5. The summed E-state index contributed by atoms with van der Waals surface area (Å²) in [6.45, 7) is 10.3. The molecule has 0 heterocycles. The molecule has 8 atom stereocenters. The topological polar surface area (TPSA) is 66.8 Å². The lowest BCUT2D eigenvalue weighted by Crippen LogP contribution is -2.41. The molecule has 160 valence electrons. The average molecular weight is 393 g/mol. The van der Waals surface area contributed by atoms with Gasteiger partial charge in [0.25, 0.3) is 0 Å². The fraction of sp³-hybridized carbons (Fsp3) is 0.792. The summed E-state index contributed by atoms with van der Waals surface area (Å²) in [5.41, 5.74) is 1.28. The molecule has 0 radical (unpaired) electrons. The molecule has 0 amide bonds. The molecule has 0 aromatic carbocycles. The minimum atomic E-state index is -0.482. The largest absolute Gasteiger partial charge is 0.461 e. The molecule has 0 aromatic rings. The standard InChI is InChI=1S/C24H40O4/c1-6-16(4)24(27)28-22-13-15(3)12-18-9-8-17(5)21(23(18)22)11-10-20(26)14-19(25)7-2/h8-9,12,15-17,19-23,25-26H,6-7,10-11,13-14H2,1-5H3/t15-,16-,17-,19-,20?,21-,22-,23?/m0/s1. The monoisotopic (exact) mass is 392 g/mol. The van der Waals surface area contributed by atoms with Crippen molar-refractivity contribution in [1.29, 1.82) is 0 Å². The van der Waals surface area contributed by atoms with Gasteiger partial charge in [-0.1, -0.05) is 52.8 Å². The molecule has 2 unspecified atom stereocenters. The Balaban J connectivity index is 2.13. The van der Waals surface area contributed by atoms with Gasteiger partial charge in [0, 0.05) is 5.92 Å². The normalized spacial score (nSPS) is 32.8. The van der Waals surface area contributed by atoms with Crippen molar-refractivity contribution in [1.82, 2.24) is 0 Å². The van der Waals surface area contributed by atoms with Crippen LogP contribution in [0.5, 0.6) is 0 Å². The number of allylic oxidation sites excluding steroid dienone is 3. The highest BCUT2D eigenvalue weighted by Crippen LogP contribution is 2.45. The molecule has 0 spiro atoms. The lowest BCUT2D eigenvalue weighted by atomic mass is 9.65. The van der Waals surface area contributed by atoms with E-state index in [9.17, 15) is 15.0 Å². The van der Waals surface area contributed by atoms with Crippen molar-refractivity contribution in [2.45, 2.75) is 91.5 Å². The Bertz CT molecular complexity index is 567. The summed E-state index contributed by atoms with van der Waals surface area (Å²) in [6, 6.07) is 0. The number of hydrogen-bond acceptors (Lipinski definition) is 4. The molecule has 0 aromatic heterocycles. The first-order valence-electron chi connectivity index (χ1n) is 11.2. The van der Waals surface area contributed by atoms with Gasteiger partial charge in [-0.15, -0.1) is 0 Å². The molecule has 2 rings (SSSR count). The van der Waals surface area contributed by atoms with Gasteiger partial charge in [-0.3, -0.25) is 4.79 Å². The molecule has 4 nitrogen and oxygen atoms in total. The van der Waals surface area contributed by atoms with Crippen LogP contribution in [0.3, 0.4) is 0 Å². The number of aliphatic hydroxyl groups is 2. The number of hydrogen-bond donors (Lipinski definition) is 2. The second-order valence-electron chi connectivity index (χ2n) is 9.10. The Morgan fingerprint density at radius 1 is 1.21 bits per heavy atom. The van der Waals surface area contributed by atoms with Gasteiger partial charge in [0.15, 0.2) is 0 Å². The van der Waals surface area contributed by atoms with E-state index in [1.54, 1.807) is 0 Å². The fourth-order valence-electron chi connectivity index (χ4n) is 4.64. The third kappa shape index (κ3) is 5.93. The van der Waals surface area contributed by atoms with Crippen molar-refractivity contribution in [3.63, 3.8) is 0 Å². The molecule has 0 bridgehead atoms. The van der Waals surface area contributed by atoms with Crippen molar-refractivity contribution in [2.75, 3.05) is 0 Å². The van der Waals surface area contributed by atoms with Crippen LogP contribution in [-0.2, 0) is 9.53 Å². The quantitative estimate of drug-likeness (QED) is 0.561. The maximum Gasteiger partial charge on any atom is 0.308 e. The predicted molar refractivity (Wildman–Crippen MR) is 113 cm³/mol. The van der Waals surface area contributed by atoms with E-state index in [0.717, 1.165) is 19.3 Å². The van der Waals surface area contributed by atoms with E-state index in [1.165, 1.54) is 5.57 Å². The molecule has 2 aliphatic carbocycles. The summed E-state index contributed by atoms with van der Waals surface area (Å²) in [5, 5.41) is 20.2. The molecule has 4 heteroatoms. The third-order valence-electron chi connectivity index (χ3n) is 6.73. The van der Waals surface area contributed by atoms with Gasteiger partial charge in [-0.05, 0) is 61.9 Å². The van der Waals surface area contributed by atoms with Crippen LogP contribution in [0.25, 0.3) is 0 Å². The van der Waals surface area contributed by atoms with Crippen molar-refractivity contribution in [3.8, 4) is 0 Å². The number of esters is 1. The van der Waals surface area contributed by atoms with Gasteiger partial charge in [0.05, 0.1) is 18.1 Å². The number of carbonyl (C=O) groups excluding carboxylic acids is 1. The summed E-state index contributed by atoms with van der Waals surface area (Å²) >= 11 is 0. The van der Waals surface area contributed by atoms with Crippen LogP contribution >= 0.6 is 0 Å². The summed E-state index contributed by atoms with van der Waals surface area (Å²) in [4.78, 5) is 12.5. The summed E-state index contributed by atoms with van der Waals surface area (Å²) in [6.07, 6.45) is 10.1. The van der Waals surface area contributed by atoms with Crippen LogP contribution in [0.1, 0.15) is 73.1 Å². The minimum Gasteiger partial charge on any atom is -0.461 e. The number of rotatable bonds is 9. The summed E-state index contributed by atoms with van der Waals surface area (Å²) in [7, 11) is 0. The van der Waals surface area contributed by atoms with Gasteiger partial charge in [0.1, 0.15) is 6.10 Å². The first kappa shape index (κ1) is 23.2. The minimum absolute atomic E-state index is 0.0722. The molecule has 0 saturated carbocycles. The van der Waals surface area contributed by atoms with Crippen LogP contribution < -0.4 is 0 Å². The Labute approximate surface area is 171 Å². The summed E-state index contributed by atoms with van der Waals surface area (Å²) < 4.78 is 6.04. The molecule has 2 aliphatic rings. The Kier molecular flexibility index (Phi) is 8.76. The van der Waals surface area contributed by atoms with Gasteiger partial charge in [-0.25, -0.2) is 0 Å². The van der Waals surface area contributed by atoms with Crippen molar-refractivity contribution in [2.24, 2.45) is 29.6 Å². The van der Waals surface area contributed by atoms with Crippen LogP contribution in [0.2, 0.25) is 0 Å². The van der Waals surface area contributed by atoms with Crippen LogP contribution in [0.4, 0.5) is 0 Å². The van der Waals surface area contributed by atoms with Crippen molar-refractivity contribution in [3.05, 3.63) is 23.8 Å².